The standard InChI is InChI=1S/C27H32N2O4/c1-17(20-16-28-21-9-5-8-19(25(20)21)23-11-6-14-33-23)15-24(30)29-22-10-4-3-7-18(22)12-13-27(29,2)26(31)32/h5-6,8-9,11,14,16-18,22,28H,3-4,7,10,12-13,15H2,1-2H3,(H,31,32). The molecule has 6 nitrogen and oxygen atoms in total. The lowest BCUT2D eigenvalue weighted by Crippen LogP contribution is -2.64. The minimum absolute atomic E-state index is 0.0370. The fraction of sp³-hybridized carbons (Fsp3) is 0.481. The number of carboxylic acid groups (broad SMARTS) is 1. The van der Waals surface area contributed by atoms with Gasteiger partial charge in [0.25, 0.3) is 0 Å². The van der Waals surface area contributed by atoms with Crippen molar-refractivity contribution in [1.29, 1.82) is 0 Å². The number of likely N-dealkylation sites (tertiary alicyclic amines) is 1. The van der Waals surface area contributed by atoms with Crippen LogP contribution >= 0.6 is 0 Å². The Morgan fingerprint density at radius 2 is 2.03 bits per heavy atom. The third-order valence-corrected chi connectivity index (χ3v) is 8.00. The van der Waals surface area contributed by atoms with Crippen molar-refractivity contribution in [3.05, 3.63) is 48.4 Å². The predicted molar refractivity (Wildman–Crippen MR) is 127 cm³/mol. The first-order valence-electron chi connectivity index (χ1n) is 12.1. The highest BCUT2D eigenvalue weighted by Crippen LogP contribution is 2.44. The zero-order valence-electron chi connectivity index (χ0n) is 19.3. The zero-order chi connectivity index (χ0) is 23.2. The molecule has 2 aromatic heterocycles. The van der Waals surface area contributed by atoms with E-state index in [1.54, 1.807) is 18.1 Å². The molecule has 1 saturated carbocycles. The van der Waals surface area contributed by atoms with Crippen molar-refractivity contribution in [1.82, 2.24) is 9.88 Å². The van der Waals surface area contributed by atoms with E-state index in [2.05, 4.69) is 11.9 Å². The first-order valence-corrected chi connectivity index (χ1v) is 12.1. The number of carbonyl (C=O) groups excluding carboxylic acids is 1. The Bertz CT molecular complexity index is 1160. The number of hydrogen-bond acceptors (Lipinski definition) is 3. The third-order valence-electron chi connectivity index (χ3n) is 8.00. The van der Waals surface area contributed by atoms with E-state index in [0.717, 1.165) is 53.5 Å². The van der Waals surface area contributed by atoms with Crippen molar-refractivity contribution in [2.75, 3.05) is 0 Å². The van der Waals surface area contributed by atoms with Gasteiger partial charge < -0.3 is 19.4 Å². The number of hydrogen-bond donors (Lipinski definition) is 2. The van der Waals surface area contributed by atoms with Crippen LogP contribution in [0.1, 0.15) is 70.3 Å². The van der Waals surface area contributed by atoms with Crippen LogP contribution < -0.4 is 0 Å². The summed E-state index contributed by atoms with van der Waals surface area (Å²) in [5.41, 5.74) is 1.92. The van der Waals surface area contributed by atoms with Gasteiger partial charge in [0.05, 0.1) is 6.26 Å². The topological polar surface area (TPSA) is 86.5 Å². The molecule has 4 atom stereocenters. The highest BCUT2D eigenvalue weighted by Gasteiger charge is 2.51. The van der Waals surface area contributed by atoms with Gasteiger partial charge in [-0.05, 0) is 68.2 Å². The van der Waals surface area contributed by atoms with Crippen LogP contribution in [0.4, 0.5) is 0 Å². The summed E-state index contributed by atoms with van der Waals surface area (Å²) in [5, 5.41) is 11.2. The van der Waals surface area contributed by atoms with Crippen LogP contribution in [0.5, 0.6) is 0 Å². The molecular formula is C27H32N2O4. The molecular weight excluding hydrogens is 416 g/mol. The average Bonchev–Trinajstić information content (AvgIpc) is 3.49. The number of aromatic amines is 1. The molecule has 174 valence electrons. The maximum Gasteiger partial charge on any atom is 0.329 e. The molecule has 0 spiro atoms. The largest absolute Gasteiger partial charge is 0.480 e. The van der Waals surface area contributed by atoms with Crippen molar-refractivity contribution in [3.63, 3.8) is 0 Å². The average molecular weight is 449 g/mol. The minimum atomic E-state index is -1.13. The molecule has 2 aliphatic rings. The number of nitrogens with zero attached hydrogens (tertiary/aromatic N) is 1. The molecule has 2 N–H and O–H groups in total. The van der Waals surface area contributed by atoms with E-state index in [1.165, 1.54) is 6.42 Å². The number of furan rings is 1. The Morgan fingerprint density at radius 3 is 2.79 bits per heavy atom. The molecule has 3 heterocycles. The van der Waals surface area contributed by atoms with Crippen LogP contribution in [-0.4, -0.2) is 38.4 Å². The van der Waals surface area contributed by atoms with Crippen molar-refractivity contribution in [2.45, 2.75) is 76.3 Å². The lowest BCUT2D eigenvalue weighted by molar-refractivity contribution is -0.169. The van der Waals surface area contributed by atoms with Crippen molar-refractivity contribution in [2.24, 2.45) is 5.92 Å². The van der Waals surface area contributed by atoms with E-state index in [9.17, 15) is 14.7 Å². The van der Waals surface area contributed by atoms with Gasteiger partial charge in [-0.2, -0.15) is 0 Å². The molecule has 4 unspecified atom stereocenters. The Morgan fingerprint density at radius 1 is 1.21 bits per heavy atom. The monoisotopic (exact) mass is 448 g/mol. The summed E-state index contributed by atoms with van der Waals surface area (Å²) < 4.78 is 5.67. The van der Waals surface area contributed by atoms with Gasteiger partial charge in [0.2, 0.25) is 5.91 Å². The molecule has 3 aromatic rings. The number of carboxylic acids is 1. The summed E-state index contributed by atoms with van der Waals surface area (Å²) in [4.78, 5) is 31.2. The van der Waals surface area contributed by atoms with Gasteiger partial charge in [-0.1, -0.05) is 31.9 Å². The summed E-state index contributed by atoms with van der Waals surface area (Å²) in [6.45, 7) is 3.79. The number of aliphatic carboxylic acids is 1. The maximum absolute atomic E-state index is 13.8. The van der Waals surface area contributed by atoms with E-state index < -0.39 is 11.5 Å². The summed E-state index contributed by atoms with van der Waals surface area (Å²) in [6, 6.07) is 9.90. The molecule has 5 rings (SSSR count). The van der Waals surface area contributed by atoms with Crippen LogP contribution in [0.2, 0.25) is 0 Å². The molecule has 2 fully saturated rings. The van der Waals surface area contributed by atoms with Gasteiger partial charge in [0.15, 0.2) is 0 Å². The fourth-order valence-corrected chi connectivity index (χ4v) is 6.20. The van der Waals surface area contributed by atoms with E-state index >= 15 is 0 Å². The predicted octanol–water partition coefficient (Wildman–Crippen LogP) is 5.95. The Balaban J connectivity index is 1.47. The molecule has 33 heavy (non-hydrogen) atoms. The van der Waals surface area contributed by atoms with Crippen molar-refractivity contribution >= 4 is 22.8 Å². The van der Waals surface area contributed by atoms with Gasteiger partial charge in [-0.15, -0.1) is 0 Å². The van der Waals surface area contributed by atoms with Gasteiger partial charge in [0.1, 0.15) is 11.3 Å². The quantitative estimate of drug-likeness (QED) is 0.505. The number of H-pyrrole nitrogens is 1. The maximum atomic E-state index is 13.8. The highest BCUT2D eigenvalue weighted by molar-refractivity contribution is 5.97. The van der Waals surface area contributed by atoms with Gasteiger partial charge in [-0.3, -0.25) is 4.79 Å². The second-order valence-electron chi connectivity index (χ2n) is 10.0. The smallest absolute Gasteiger partial charge is 0.329 e. The second kappa shape index (κ2) is 8.40. The second-order valence-corrected chi connectivity index (χ2v) is 10.0. The normalized spacial score (nSPS) is 26.2. The molecule has 1 aliphatic carbocycles. The summed E-state index contributed by atoms with van der Waals surface area (Å²) in [7, 11) is 0. The number of aromatic nitrogens is 1. The number of fused-ring (bicyclic) bond motifs is 2. The van der Waals surface area contributed by atoms with Crippen LogP contribution in [0.15, 0.2) is 47.2 Å². The van der Waals surface area contributed by atoms with Crippen LogP contribution in [0.3, 0.4) is 0 Å². The van der Waals surface area contributed by atoms with Crippen LogP contribution in [0, 0.1) is 5.92 Å². The van der Waals surface area contributed by atoms with Gasteiger partial charge in [0, 0.05) is 35.1 Å². The van der Waals surface area contributed by atoms with Crippen molar-refractivity contribution < 1.29 is 19.1 Å². The number of benzene rings is 1. The van der Waals surface area contributed by atoms with Gasteiger partial charge in [-0.25, -0.2) is 4.79 Å². The number of piperidine rings is 1. The Labute approximate surface area is 194 Å². The molecule has 1 aliphatic heterocycles. The SMILES string of the molecule is CC(CC(=O)N1C2CCCCC2CCC1(C)C(=O)O)c1c[nH]c2cccc(-c3ccco3)c12. The number of rotatable bonds is 5. The van der Waals surface area contributed by atoms with Crippen LogP contribution in [-0.2, 0) is 9.59 Å². The molecule has 6 heteroatoms. The fourth-order valence-electron chi connectivity index (χ4n) is 6.20. The Kier molecular flexibility index (Phi) is 5.55. The summed E-state index contributed by atoms with van der Waals surface area (Å²) in [6.07, 6.45) is 9.58. The number of carbonyl (C=O) groups is 2. The molecule has 1 saturated heterocycles. The first kappa shape index (κ1) is 21.8. The molecule has 0 bridgehead atoms. The highest BCUT2D eigenvalue weighted by atomic mass is 16.4. The number of nitrogens with one attached hydrogen (secondary N) is 1. The zero-order valence-corrected chi connectivity index (χ0v) is 19.3. The molecule has 1 aromatic carbocycles. The van der Waals surface area contributed by atoms with Gasteiger partial charge >= 0.3 is 5.97 Å². The lowest BCUT2D eigenvalue weighted by atomic mass is 9.72. The molecule has 0 radical (unpaired) electrons. The minimum Gasteiger partial charge on any atom is -0.480 e. The van der Waals surface area contributed by atoms with Crippen LogP contribution in [0.25, 0.3) is 22.2 Å². The third kappa shape index (κ3) is 3.65. The summed E-state index contributed by atoms with van der Waals surface area (Å²) in [5.74, 6) is 0.210. The Hall–Kier alpha value is -3.02. The van der Waals surface area contributed by atoms with E-state index in [-0.39, 0.29) is 24.3 Å². The van der Waals surface area contributed by atoms with E-state index in [0.29, 0.717) is 12.3 Å². The van der Waals surface area contributed by atoms with E-state index in [4.69, 9.17) is 4.42 Å². The first-order chi connectivity index (χ1) is 15.9. The molecule has 1 amide bonds. The van der Waals surface area contributed by atoms with E-state index in [1.807, 2.05) is 36.5 Å². The number of amides is 1. The summed E-state index contributed by atoms with van der Waals surface area (Å²) >= 11 is 0. The lowest BCUT2D eigenvalue weighted by Gasteiger charge is -2.52. The van der Waals surface area contributed by atoms with Crippen molar-refractivity contribution in [3.8, 4) is 11.3 Å².